The van der Waals surface area contributed by atoms with E-state index in [2.05, 4.69) is 10.6 Å². The number of nitrogens with one attached hydrogen (secondary N) is 2. The van der Waals surface area contributed by atoms with Crippen molar-refractivity contribution in [2.75, 3.05) is 25.1 Å². The normalized spacial score (nSPS) is 12.4. The molecule has 0 fully saturated rings. The van der Waals surface area contributed by atoms with E-state index in [-0.39, 0.29) is 18.4 Å². The van der Waals surface area contributed by atoms with Crippen molar-refractivity contribution in [2.45, 2.75) is 19.9 Å². The molecular formula is C27H26N4O4. The number of fused-ring (bicyclic) bond motifs is 2. The fraction of sp³-hybridized carbons (Fsp3) is 0.222. The average molecular weight is 471 g/mol. The van der Waals surface area contributed by atoms with Crippen LogP contribution in [0.4, 0.5) is 5.69 Å². The number of carbonyl (C=O) groups is 2. The van der Waals surface area contributed by atoms with E-state index in [4.69, 9.17) is 14.5 Å². The van der Waals surface area contributed by atoms with Gasteiger partial charge in [0.2, 0.25) is 5.91 Å². The molecule has 0 bridgehead atoms. The Morgan fingerprint density at radius 2 is 1.74 bits per heavy atom. The van der Waals surface area contributed by atoms with Gasteiger partial charge in [-0.2, -0.15) is 0 Å². The van der Waals surface area contributed by atoms with Gasteiger partial charge in [0.1, 0.15) is 25.6 Å². The van der Waals surface area contributed by atoms with Crippen LogP contribution in [0.15, 0.2) is 66.7 Å². The molecule has 2 N–H and O–H groups in total. The number of ether oxygens (including phenoxy) is 2. The molecule has 0 aliphatic carbocycles. The van der Waals surface area contributed by atoms with Gasteiger partial charge in [0.05, 0.1) is 11.0 Å². The first kappa shape index (κ1) is 22.5. The standard InChI is InChI=1S/C27H26N4O4/c1-18-6-8-19(9-7-18)27(33)28-13-12-25-30-21-4-2-3-5-22(21)31(25)17-26(32)29-20-10-11-23-24(16-20)35-15-14-34-23/h2-11,16H,12-15,17H2,1H3,(H,28,33)(H,29,32). The molecule has 35 heavy (non-hydrogen) atoms. The number of amides is 2. The number of hydrogen-bond acceptors (Lipinski definition) is 5. The highest BCUT2D eigenvalue weighted by Gasteiger charge is 2.16. The Labute approximate surface area is 202 Å². The lowest BCUT2D eigenvalue weighted by Crippen LogP contribution is -2.27. The van der Waals surface area contributed by atoms with Crippen molar-refractivity contribution in [3.05, 3.63) is 83.7 Å². The molecule has 1 aliphatic rings. The number of nitrogens with zero attached hydrogens (tertiary/aromatic N) is 2. The quantitative estimate of drug-likeness (QED) is 0.429. The molecule has 3 aromatic carbocycles. The molecule has 1 aromatic heterocycles. The number of hydrogen-bond donors (Lipinski definition) is 2. The monoisotopic (exact) mass is 470 g/mol. The summed E-state index contributed by atoms with van der Waals surface area (Å²) in [5.74, 6) is 1.70. The third-order valence-corrected chi connectivity index (χ3v) is 5.81. The van der Waals surface area contributed by atoms with Crippen LogP contribution in [0, 0.1) is 6.92 Å². The lowest BCUT2D eigenvalue weighted by molar-refractivity contribution is -0.116. The van der Waals surface area contributed by atoms with E-state index in [0.717, 1.165) is 22.4 Å². The Kier molecular flexibility index (Phi) is 6.34. The Morgan fingerprint density at radius 3 is 2.57 bits per heavy atom. The Hall–Kier alpha value is -4.33. The molecule has 5 rings (SSSR count). The number of rotatable bonds is 7. The van der Waals surface area contributed by atoms with Crippen LogP contribution >= 0.6 is 0 Å². The fourth-order valence-corrected chi connectivity index (χ4v) is 4.05. The second kappa shape index (κ2) is 9.89. The maximum atomic E-state index is 12.9. The zero-order valence-electron chi connectivity index (χ0n) is 19.4. The largest absolute Gasteiger partial charge is 0.486 e. The first-order valence-electron chi connectivity index (χ1n) is 11.6. The molecule has 0 unspecified atom stereocenters. The van der Waals surface area contributed by atoms with Crippen LogP contribution in [-0.2, 0) is 17.8 Å². The van der Waals surface area contributed by atoms with E-state index in [1.165, 1.54) is 0 Å². The van der Waals surface area contributed by atoms with Gasteiger partial charge in [-0.3, -0.25) is 9.59 Å². The summed E-state index contributed by atoms with van der Waals surface area (Å²) in [6, 6.07) is 20.5. The number of imidazole rings is 1. The zero-order chi connectivity index (χ0) is 24.2. The predicted octanol–water partition coefficient (Wildman–Crippen LogP) is 3.73. The van der Waals surface area contributed by atoms with Gasteiger partial charge < -0.3 is 24.7 Å². The predicted molar refractivity (Wildman–Crippen MR) is 133 cm³/mol. The van der Waals surface area contributed by atoms with Crippen molar-refractivity contribution in [2.24, 2.45) is 0 Å². The van der Waals surface area contributed by atoms with E-state index in [1.807, 2.05) is 60.0 Å². The van der Waals surface area contributed by atoms with Gasteiger partial charge in [0, 0.05) is 30.3 Å². The summed E-state index contributed by atoms with van der Waals surface area (Å²) < 4.78 is 13.0. The zero-order valence-corrected chi connectivity index (χ0v) is 19.4. The highest BCUT2D eigenvalue weighted by atomic mass is 16.6. The first-order valence-corrected chi connectivity index (χ1v) is 11.6. The molecule has 1 aliphatic heterocycles. The lowest BCUT2D eigenvalue weighted by atomic mass is 10.1. The van der Waals surface area contributed by atoms with Crippen molar-refractivity contribution in [1.82, 2.24) is 14.9 Å². The summed E-state index contributed by atoms with van der Waals surface area (Å²) >= 11 is 0. The number of benzene rings is 3. The van der Waals surface area contributed by atoms with Crippen LogP contribution in [0.25, 0.3) is 11.0 Å². The topological polar surface area (TPSA) is 94.5 Å². The highest BCUT2D eigenvalue weighted by molar-refractivity contribution is 5.94. The second-order valence-electron chi connectivity index (χ2n) is 8.38. The van der Waals surface area contributed by atoms with Crippen molar-refractivity contribution in [1.29, 1.82) is 0 Å². The summed E-state index contributed by atoms with van der Waals surface area (Å²) in [5, 5.41) is 5.87. The van der Waals surface area contributed by atoms with Crippen LogP contribution in [0.5, 0.6) is 11.5 Å². The van der Waals surface area contributed by atoms with E-state index >= 15 is 0 Å². The third-order valence-electron chi connectivity index (χ3n) is 5.81. The molecular weight excluding hydrogens is 444 g/mol. The maximum absolute atomic E-state index is 12.9. The van der Waals surface area contributed by atoms with Crippen LogP contribution in [0.2, 0.25) is 0 Å². The van der Waals surface area contributed by atoms with Gasteiger partial charge in [0.15, 0.2) is 11.5 Å². The van der Waals surface area contributed by atoms with Crippen molar-refractivity contribution in [3.63, 3.8) is 0 Å². The van der Waals surface area contributed by atoms with Crippen LogP contribution in [-0.4, -0.2) is 41.1 Å². The minimum atomic E-state index is -0.185. The minimum absolute atomic E-state index is 0.0934. The molecule has 2 heterocycles. The summed E-state index contributed by atoms with van der Waals surface area (Å²) in [6.45, 7) is 3.47. The van der Waals surface area contributed by atoms with Crippen LogP contribution < -0.4 is 20.1 Å². The van der Waals surface area contributed by atoms with Crippen molar-refractivity contribution >= 4 is 28.5 Å². The molecule has 178 valence electrons. The Morgan fingerprint density at radius 1 is 0.971 bits per heavy atom. The van der Waals surface area contributed by atoms with E-state index in [9.17, 15) is 9.59 Å². The van der Waals surface area contributed by atoms with E-state index in [1.54, 1.807) is 18.2 Å². The average Bonchev–Trinajstić information content (AvgIpc) is 3.21. The summed E-state index contributed by atoms with van der Waals surface area (Å²) in [5.41, 5.74) is 4.02. The third kappa shape index (κ3) is 5.11. The fourth-order valence-electron chi connectivity index (χ4n) is 4.05. The Bertz CT molecular complexity index is 1380. The van der Waals surface area contributed by atoms with Gasteiger partial charge in [-0.25, -0.2) is 4.98 Å². The molecule has 0 spiro atoms. The first-order chi connectivity index (χ1) is 17.1. The SMILES string of the molecule is Cc1ccc(C(=O)NCCc2nc3ccccc3n2CC(=O)Nc2ccc3c(c2)OCCO3)cc1. The molecule has 0 saturated carbocycles. The number of carbonyl (C=O) groups excluding carboxylic acids is 2. The minimum Gasteiger partial charge on any atom is -0.486 e. The van der Waals surface area contributed by atoms with E-state index < -0.39 is 0 Å². The maximum Gasteiger partial charge on any atom is 0.251 e. The summed E-state index contributed by atoms with van der Waals surface area (Å²) in [7, 11) is 0. The van der Waals surface area contributed by atoms with Gasteiger partial charge in [-0.05, 0) is 43.3 Å². The molecule has 8 heteroatoms. The molecule has 0 saturated heterocycles. The molecule has 4 aromatic rings. The van der Waals surface area contributed by atoms with E-state index in [0.29, 0.717) is 48.9 Å². The number of para-hydroxylation sites is 2. The van der Waals surface area contributed by atoms with Gasteiger partial charge in [-0.1, -0.05) is 29.8 Å². The Balaban J connectivity index is 1.28. The van der Waals surface area contributed by atoms with Crippen molar-refractivity contribution in [3.8, 4) is 11.5 Å². The van der Waals surface area contributed by atoms with Gasteiger partial charge >= 0.3 is 0 Å². The van der Waals surface area contributed by atoms with Gasteiger partial charge in [0.25, 0.3) is 5.91 Å². The summed E-state index contributed by atoms with van der Waals surface area (Å²) in [4.78, 5) is 30.1. The summed E-state index contributed by atoms with van der Waals surface area (Å²) in [6.07, 6.45) is 0.490. The highest BCUT2D eigenvalue weighted by Crippen LogP contribution is 2.32. The van der Waals surface area contributed by atoms with Crippen molar-refractivity contribution < 1.29 is 19.1 Å². The van der Waals surface area contributed by atoms with Gasteiger partial charge in [-0.15, -0.1) is 0 Å². The number of anilines is 1. The number of aromatic nitrogens is 2. The molecule has 8 nitrogen and oxygen atoms in total. The molecule has 0 radical (unpaired) electrons. The lowest BCUT2D eigenvalue weighted by Gasteiger charge is -2.19. The molecule has 2 amide bonds. The molecule has 0 atom stereocenters. The second-order valence-corrected chi connectivity index (χ2v) is 8.38. The smallest absolute Gasteiger partial charge is 0.251 e. The van der Waals surface area contributed by atoms with Crippen LogP contribution in [0.1, 0.15) is 21.7 Å². The van der Waals surface area contributed by atoms with Crippen LogP contribution in [0.3, 0.4) is 0 Å². The number of aryl methyl sites for hydroxylation is 1.